The maximum Gasteiger partial charge on any atom is 0.304 e. The molecular formula is C13H15NO4. The van der Waals surface area contributed by atoms with Crippen LogP contribution in [0, 0.1) is 0 Å². The van der Waals surface area contributed by atoms with E-state index in [-0.39, 0.29) is 18.9 Å². The highest BCUT2D eigenvalue weighted by Crippen LogP contribution is 2.29. The highest BCUT2D eigenvalue weighted by molar-refractivity contribution is 5.80. The third-order valence-corrected chi connectivity index (χ3v) is 2.85. The lowest BCUT2D eigenvalue weighted by molar-refractivity contribution is -0.137. The summed E-state index contributed by atoms with van der Waals surface area (Å²) in [5.74, 6) is 0.110. The molecule has 0 saturated heterocycles. The fourth-order valence-corrected chi connectivity index (χ4v) is 1.87. The maximum atomic E-state index is 10.7. The second kappa shape index (κ2) is 5.10. The fraction of sp³-hybridized carbons (Fsp3) is 0.308. The second-order valence-electron chi connectivity index (χ2n) is 4.08. The zero-order valence-corrected chi connectivity index (χ0v) is 10.1. The lowest BCUT2D eigenvalue weighted by Crippen LogP contribution is -2.15. The summed E-state index contributed by atoms with van der Waals surface area (Å²) >= 11 is 0. The SMILES string of the molecule is COc1ccc2cc(C(CN)CC(=O)O)oc2c1. The predicted molar refractivity (Wildman–Crippen MR) is 66.8 cm³/mol. The molecule has 0 aliphatic heterocycles. The number of hydrogen-bond acceptors (Lipinski definition) is 4. The minimum Gasteiger partial charge on any atom is -0.497 e. The molecule has 0 amide bonds. The number of hydrogen-bond donors (Lipinski definition) is 2. The molecule has 0 aliphatic carbocycles. The third-order valence-electron chi connectivity index (χ3n) is 2.85. The first kappa shape index (κ1) is 12.4. The molecule has 3 N–H and O–H groups in total. The van der Waals surface area contributed by atoms with Crippen LogP contribution in [0.3, 0.4) is 0 Å². The van der Waals surface area contributed by atoms with E-state index in [2.05, 4.69) is 0 Å². The summed E-state index contributed by atoms with van der Waals surface area (Å²) in [5.41, 5.74) is 6.26. The van der Waals surface area contributed by atoms with Gasteiger partial charge in [-0.3, -0.25) is 4.79 Å². The normalized spacial score (nSPS) is 12.6. The van der Waals surface area contributed by atoms with Gasteiger partial charge in [-0.2, -0.15) is 0 Å². The van der Waals surface area contributed by atoms with Crippen molar-refractivity contribution in [2.45, 2.75) is 12.3 Å². The van der Waals surface area contributed by atoms with E-state index >= 15 is 0 Å². The highest BCUT2D eigenvalue weighted by Gasteiger charge is 2.18. The Bertz CT molecular complexity index is 561. The van der Waals surface area contributed by atoms with Crippen molar-refractivity contribution in [2.75, 3.05) is 13.7 Å². The summed E-state index contributed by atoms with van der Waals surface area (Å²) < 4.78 is 10.7. The molecule has 96 valence electrons. The van der Waals surface area contributed by atoms with Gasteiger partial charge in [0.05, 0.1) is 13.5 Å². The van der Waals surface area contributed by atoms with E-state index < -0.39 is 5.97 Å². The Morgan fingerprint density at radius 3 is 2.89 bits per heavy atom. The Kier molecular flexibility index (Phi) is 3.53. The molecule has 1 aromatic carbocycles. The number of carboxylic acids is 1. The van der Waals surface area contributed by atoms with Gasteiger partial charge in [-0.15, -0.1) is 0 Å². The van der Waals surface area contributed by atoms with Gasteiger partial charge in [0, 0.05) is 23.9 Å². The van der Waals surface area contributed by atoms with E-state index in [1.807, 2.05) is 18.2 Å². The van der Waals surface area contributed by atoms with Crippen molar-refractivity contribution >= 4 is 16.9 Å². The molecule has 0 bridgehead atoms. The molecule has 5 heteroatoms. The molecule has 0 fully saturated rings. The van der Waals surface area contributed by atoms with E-state index in [0.717, 1.165) is 5.39 Å². The molecular weight excluding hydrogens is 234 g/mol. The van der Waals surface area contributed by atoms with Crippen LogP contribution in [0.1, 0.15) is 18.1 Å². The molecule has 1 atom stereocenters. The van der Waals surface area contributed by atoms with Gasteiger partial charge in [0.2, 0.25) is 0 Å². The van der Waals surface area contributed by atoms with Gasteiger partial charge in [0.1, 0.15) is 17.1 Å². The van der Waals surface area contributed by atoms with E-state index in [9.17, 15) is 4.79 Å². The number of rotatable bonds is 5. The Morgan fingerprint density at radius 1 is 1.50 bits per heavy atom. The van der Waals surface area contributed by atoms with Crippen molar-refractivity contribution in [3.05, 3.63) is 30.0 Å². The Labute approximate surface area is 104 Å². The van der Waals surface area contributed by atoms with Gasteiger partial charge in [0.25, 0.3) is 0 Å². The zero-order chi connectivity index (χ0) is 13.1. The standard InChI is InChI=1S/C13H15NO4/c1-17-10-3-2-8-4-11(18-12(8)6-10)9(7-14)5-13(15)16/h2-4,6,9H,5,7,14H2,1H3,(H,15,16). The van der Waals surface area contributed by atoms with Gasteiger partial charge in [-0.1, -0.05) is 0 Å². The topological polar surface area (TPSA) is 85.7 Å². The number of benzene rings is 1. The lowest BCUT2D eigenvalue weighted by atomic mass is 10.0. The fourth-order valence-electron chi connectivity index (χ4n) is 1.87. The summed E-state index contributed by atoms with van der Waals surface area (Å²) in [6, 6.07) is 7.30. The molecule has 2 rings (SSSR count). The van der Waals surface area contributed by atoms with Gasteiger partial charge < -0.3 is 20.0 Å². The molecule has 1 heterocycles. The zero-order valence-electron chi connectivity index (χ0n) is 10.1. The number of carboxylic acid groups (broad SMARTS) is 1. The molecule has 0 radical (unpaired) electrons. The van der Waals surface area contributed by atoms with E-state index in [0.29, 0.717) is 17.1 Å². The number of furan rings is 1. The first-order valence-corrected chi connectivity index (χ1v) is 5.63. The molecule has 2 aromatic rings. The van der Waals surface area contributed by atoms with Crippen molar-refractivity contribution in [1.82, 2.24) is 0 Å². The minimum absolute atomic E-state index is 0.0343. The summed E-state index contributed by atoms with van der Waals surface area (Å²) in [6.07, 6.45) is -0.0343. The number of carbonyl (C=O) groups is 1. The van der Waals surface area contributed by atoms with Gasteiger partial charge >= 0.3 is 5.97 Å². The second-order valence-corrected chi connectivity index (χ2v) is 4.08. The Balaban J connectivity index is 2.36. The van der Waals surface area contributed by atoms with Crippen LogP contribution in [-0.4, -0.2) is 24.7 Å². The van der Waals surface area contributed by atoms with Gasteiger partial charge in [-0.25, -0.2) is 0 Å². The highest BCUT2D eigenvalue weighted by atomic mass is 16.5. The summed E-state index contributed by atoms with van der Waals surface area (Å²) in [7, 11) is 1.58. The monoisotopic (exact) mass is 249 g/mol. The van der Waals surface area contributed by atoms with E-state index in [1.54, 1.807) is 13.2 Å². The number of nitrogens with two attached hydrogens (primary N) is 1. The Hall–Kier alpha value is -2.01. The van der Waals surface area contributed by atoms with Gasteiger partial charge in [-0.05, 0) is 18.2 Å². The van der Waals surface area contributed by atoms with Crippen LogP contribution in [0.15, 0.2) is 28.7 Å². The smallest absolute Gasteiger partial charge is 0.304 e. The summed E-state index contributed by atoms with van der Waals surface area (Å²) in [5, 5.41) is 9.73. The van der Waals surface area contributed by atoms with Crippen LogP contribution in [0.2, 0.25) is 0 Å². The molecule has 0 spiro atoms. The summed E-state index contributed by atoms with van der Waals surface area (Å²) in [6.45, 7) is 0.239. The van der Waals surface area contributed by atoms with Crippen molar-refractivity contribution in [2.24, 2.45) is 5.73 Å². The Morgan fingerprint density at radius 2 is 2.28 bits per heavy atom. The van der Waals surface area contributed by atoms with Crippen LogP contribution in [0.5, 0.6) is 5.75 Å². The number of aliphatic carboxylic acids is 1. The van der Waals surface area contributed by atoms with E-state index in [4.69, 9.17) is 20.0 Å². The largest absolute Gasteiger partial charge is 0.497 e. The molecule has 18 heavy (non-hydrogen) atoms. The molecule has 0 saturated carbocycles. The van der Waals surface area contributed by atoms with Crippen molar-refractivity contribution in [1.29, 1.82) is 0 Å². The van der Waals surface area contributed by atoms with Crippen molar-refractivity contribution in [3.8, 4) is 5.75 Å². The quantitative estimate of drug-likeness (QED) is 0.846. The molecule has 5 nitrogen and oxygen atoms in total. The maximum absolute atomic E-state index is 10.7. The average molecular weight is 249 g/mol. The number of methoxy groups -OCH3 is 1. The van der Waals surface area contributed by atoms with Crippen LogP contribution < -0.4 is 10.5 Å². The average Bonchev–Trinajstić information content (AvgIpc) is 2.77. The molecule has 1 unspecified atom stereocenters. The van der Waals surface area contributed by atoms with Crippen LogP contribution in [-0.2, 0) is 4.79 Å². The first-order valence-electron chi connectivity index (χ1n) is 5.63. The van der Waals surface area contributed by atoms with Crippen molar-refractivity contribution in [3.63, 3.8) is 0 Å². The number of ether oxygens (including phenoxy) is 1. The molecule has 1 aromatic heterocycles. The predicted octanol–water partition coefficient (Wildman–Crippen LogP) is 1.96. The van der Waals surface area contributed by atoms with Crippen LogP contribution in [0.4, 0.5) is 0 Å². The van der Waals surface area contributed by atoms with Crippen LogP contribution in [0.25, 0.3) is 11.0 Å². The van der Waals surface area contributed by atoms with E-state index in [1.165, 1.54) is 0 Å². The van der Waals surface area contributed by atoms with Crippen LogP contribution >= 0.6 is 0 Å². The number of fused-ring (bicyclic) bond motifs is 1. The lowest BCUT2D eigenvalue weighted by Gasteiger charge is -2.07. The van der Waals surface area contributed by atoms with Gasteiger partial charge in [0.15, 0.2) is 0 Å². The molecule has 0 aliphatic rings. The van der Waals surface area contributed by atoms with Crippen molar-refractivity contribution < 1.29 is 19.1 Å². The minimum atomic E-state index is -0.886. The summed E-state index contributed by atoms with van der Waals surface area (Å²) in [4.78, 5) is 10.7. The third kappa shape index (κ3) is 2.46. The first-order chi connectivity index (χ1) is 8.63.